The Morgan fingerprint density at radius 1 is 1.50 bits per heavy atom. The molecule has 4 nitrogen and oxygen atoms in total. The monoisotopic (exact) mass is 224 g/mol. The molecule has 0 spiro atoms. The largest absolute Gasteiger partial charge is 0.377 e. The van der Waals surface area contributed by atoms with Crippen LogP contribution in [0.25, 0.3) is 0 Å². The van der Waals surface area contributed by atoms with E-state index in [1.165, 1.54) is 24.6 Å². The van der Waals surface area contributed by atoms with E-state index in [1.54, 1.807) is 0 Å². The molecule has 1 aliphatic rings. The molecule has 0 radical (unpaired) electrons. The Hall–Kier alpha value is -1.65. The number of para-hydroxylation sites is 1. The second-order valence-electron chi connectivity index (χ2n) is 4.07. The van der Waals surface area contributed by atoms with Crippen LogP contribution in [0.3, 0.4) is 0 Å². The molecule has 0 aliphatic heterocycles. The lowest BCUT2D eigenvalue weighted by atomic mass is 9.85. The van der Waals surface area contributed by atoms with Crippen LogP contribution < -0.4 is 5.32 Å². The zero-order chi connectivity index (χ0) is 11.5. The van der Waals surface area contributed by atoms with Crippen molar-refractivity contribution < 1.29 is 9.31 Å². The number of rotatable bonds is 4. The normalized spacial score (nSPS) is 15.6. The Labute approximate surface area is 92.6 Å². The Kier molecular flexibility index (Phi) is 3.03. The SMILES string of the molecule is O=[N+]([O-])c1cccc(F)c1NCC1CCC1. The summed E-state index contributed by atoms with van der Waals surface area (Å²) < 4.78 is 13.4. The third-order valence-electron chi connectivity index (χ3n) is 2.98. The second-order valence-corrected chi connectivity index (χ2v) is 4.07. The smallest absolute Gasteiger partial charge is 0.295 e. The molecule has 5 heteroatoms. The molecule has 0 bridgehead atoms. The number of anilines is 1. The number of hydrogen-bond acceptors (Lipinski definition) is 3. The summed E-state index contributed by atoms with van der Waals surface area (Å²) in [5.74, 6) is -0.0345. The summed E-state index contributed by atoms with van der Waals surface area (Å²) in [6.45, 7) is 0.613. The average molecular weight is 224 g/mol. The molecule has 0 heterocycles. The lowest BCUT2D eigenvalue weighted by Gasteiger charge is -2.25. The maximum Gasteiger partial charge on any atom is 0.295 e. The van der Waals surface area contributed by atoms with Gasteiger partial charge in [-0.05, 0) is 24.8 Å². The van der Waals surface area contributed by atoms with E-state index in [4.69, 9.17) is 0 Å². The van der Waals surface area contributed by atoms with Gasteiger partial charge in [0, 0.05) is 12.6 Å². The summed E-state index contributed by atoms with van der Waals surface area (Å²) in [5, 5.41) is 13.5. The molecule has 2 rings (SSSR count). The number of nitro benzene ring substituents is 1. The van der Waals surface area contributed by atoms with Crippen molar-refractivity contribution in [1.82, 2.24) is 0 Å². The van der Waals surface area contributed by atoms with Crippen LogP contribution in [0, 0.1) is 21.8 Å². The van der Waals surface area contributed by atoms with E-state index in [1.807, 2.05) is 0 Å². The first-order chi connectivity index (χ1) is 7.68. The fourth-order valence-electron chi connectivity index (χ4n) is 1.78. The number of halogens is 1. The average Bonchev–Trinajstić information content (AvgIpc) is 2.17. The minimum absolute atomic E-state index is 0.0133. The van der Waals surface area contributed by atoms with Crippen LogP contribution >= 0.6 is 0 Å². The van der Waals surface area contributed by atoms with Gasteiger partial charge in [0.25, 0.3) is 5.69 Å². The van der Waals surface area contributed by atoms with Crippen LogP contribution in [0.4, 0.5) is 15.8 Å². The van der Waals surface area contributed by atoms with Crippen molar-refractivity contribution in [2.75, 3.05) is 11.9 Å². The first-order valence-electron chi connectivity index (χ1n) is 5.35. The van der Waals surface area contributed by atoms with Gasteiger partial charge in [-0.3, -0.25) is 10.1 Å². The van der Waals surface area contributed by atoms with Crippen molar-refractivity contribution in [2.24, 2.45) is 5.92 Å². The van der Waals surface area contributed by atoms with Crippen LogP contribution in [-0.4, -0.2) is 11.5 Å². The Morgan fingerprint density at radius 2 is 2.25 bits per heavy atom. The van der Waals surface area contributed by atoms with Crippen molar-refractivity contribution >= 4 is 11.4 Å². The fourth-order valence-corrected chi connectivity index (χ4v) is 1.78. The van der Waals surface area contributed by atoms with E-state index in [9.17, 15) is 14.5 Å². The maximum absolute atomic E-state index is 13.4. The van der Waals surface area contributed by atoms with E-state index in [0.717, 1.165) is 12.8 Å². The van der Waals surface area contributed by atoms with Crippen molar-refractivity contribution in [1.29, 1.82) is 0 Å². The molecule has 0 aromatic heterocycles. The van der Waals surface area contributed by atoms with Gasteiger partial charge in [-0.25, -0.2) is 4.39 Å². The van der Waals surface area contributed by atoms with Gasteiger partial charge in [-0.1, -0.05) is 12.5 Å². The lowest BCUT2D eigenvalue weighted by Crippen LogP contribution is -2.21. The first-order valence-corrected chi connectivity index (χ1v) is 5.35. The molecule has 1 aliphatic carbocycles. The number of nitrogens with zero attached hydrogens (tertiary/aromatic N) is 1. The van der Waals surface area contributed by atoms with E-state index in [0.29, 0.717) is 12.5 Å². The van der Waals surface area contributed by atoms with E-state index < -0.39 is 10.7 Å². The number of hydrogen-bond donors (Lipinski definition) is 1. The molecule has 0 unspecified atom stereocenters. The zero-order valence-corrected chi connectivity index (χ0v) is 8.78. The second kappa shape index (κ2) is 4.47. The van der Waals surface area contributed by atoms with Crippen LogP contribution in [0.15, 0.2) is 18.2 Å². The quantitative estimate of drug-likeness (QED) is 0.631. The summed E-state index contributed by atoms with van der Waals surface area (Å²) in [5.41, 5.74) is -0.182. The Bertz CT molecular complexity index is 405. The standard InChI is InChI=1S/C11H13FN2O2/c12-9-5-2-6-10(14(15)16)11(9)13-7-8-3-1-4-8/h2,5-6,8,13H,1,3-4,7H2. The first kappa shape index (κ1) is 10.9. The molecule has 1 aromatic carbocycles. The van der Waals surface area contributed by atoms with Gasteiger partial charge in [0.1, 0.15) is 5.69 Å². The van der Waals surface area contributed by atoms with Gasteiger partial charge in [-0.2, -0.15) is 0 Å². The molecule has 16 heavy (non-hydrogen) atoms. The number of benzene rings is 1. The highest BCUT2D eigenvalue weighted by Crippen LogP contribution is 2.30. The topological polar surface area (TPSA) is 55.2 Å². The van der Waals surface area contributed by atoms with Gasteiger partial charge in [0.2, 0.25) is 0 Å². The molecule has 1 saturated carbocycles. The van der Waals surface area contributed by atoms with Crippen molar-refractivity contribution in [3.8, 4) is 0 Å². The predicted octanol–water partition coefficient (Wildman–Crippen LogP) is 2.95. The lowest BCUT2D eigenvalue weighted by molar-refractivity contribution is -0.384. The molecule has 1 aromatic rings. The van der Waals surface area contributed by atoms with Gasteiger partial charge < -0.3 is 5.32 Å². The molecule has 86 valence electrons. The molecule has 1 N–H and O–H groups in total. The molecular formula is C11H13FN2O2. The highest BCUT2D eigenvalue weighted by atomic mass is 19.1. The van der Waals surface area contributed by atoms with Gasteiger partial charge in [-0.15, -0.1) is 0 Å². The molecular weight excluding hydrogens is 211 g/mol. The minimum atomic E-state index is -0.563. The predicted molar refractivity (Wildman–Crippen MR) is 58.9 cm³/mol. The van der Waals surface area contributed by atoms with Gasteiger partial charge in [0.15, 0.2) is 5.82 Å². The number of nitro groups is 1. The minimum Gasteiger partial charge on any atom is -0.377 e. The zero-order valence-electron chi connectivity index (χ0n) is 8.78. The van der Waals surface area contributed by atoms with Crippen molar-refractivity contribution in [3.05, 3.63) is 34.1 Å². The molecule has 0 amide bonds. The van der Waals surface area contributed by atoms with Crippen LogP contribution in [-0.2, 0) is 0 Å². The van der Waals surface area contributed by atoms with E-state index in [-0.39, 0.29) is 11.4 Å². The summed E-state index contributed by atoms with van der Waals surface area (Å²) in [6.07, 6.45) is 3.44. The van der Waals surface area contributed by atoms with Crippen molar-refractivity contribution in [2.45, 2.75) is 19.3 Å². The Morgan fingerprint density at radius 3 is 2.81 bits per heavy atom. The summed E-state index contributed by atoms with van der Waals surface area (Å²) >= 11 is 0. The molecule has 0 saturated heterocycles. The van der Waals surface area contributed by atoms with E-state index >= 15 is 0 Å². The number of nitrogens with one attached hydrogen (secondary N) is 1. The van der Waals surface area contributed by atoms with Gasteiger partial charge in [0.05, 0.1) is 4.92 Å². The third kappa shape index (κ3) is 2.13. The molecule has 0 atom stereocenters. The Balaban J connectivity index is 2.13. The third-order valence-corrected chi connectivity index (χ3v) is 2.98. The van der Waals surface area contributed by atoms with Crippen LogP contribution in [0.5, 0.6) is 0 Å². The van der Waals surface area contributed by atoms with E-state index in [2.05, 4.69) is 5.32 Å². The molecule has 1 fully saturated rings. The summed E-state index contributed by atoms with van der Waals surface area (Å²) in [6, 6.07) is 3.89. The maximum atomic E-state index is 13.4. The van der Waals surface area contributed by atoms with Crippen LogP contribution in [0.1, 0.15) is 19.3 Å². The van der Waals surface area contributed by atoms with Gasteiger partial charge >= 0.3 is 0 Å². The highest BCUT2D eigenvalue weighted by Gasteiger charge is 2.21. The fraction of sp³-hybridized carbons (Fsp3) is 0.455. The van der Waals surface area contributed by atoms with Crippen LogP contribution in [0.2, 0.25) is 0 Å². The summed E-state index contributed by atoms with van der Waals surface area (Å²) in [4.78, 5) is 10.1. The summed E-state index contributed by atoms with van der Waals surface area (Å²) in [7, 11) is 0. The highest BCUT2D eigenvalue weighted by molar-refractivity contribution is 5.62. The van der Waals surface area contributed by atoms with Crippen molar-refractivity contribution in [3.63, 3.8) is 0 Å².